The van der Waals surface area contributed by atoms with Crippen LogP contribution in [-0.2, 0) is 14.1 Å². The molecule has 0 saturated carbocycles. The number of fused-ring (bicyclic) bond motifs is 1. The number of benzene rings is 1. The molecular formula is C16H14F3N3O2. The fourth-order valence-electron chi connectivity index (χ4n) is 2.81. The Kier molecular flexibility index (Phi) is 3.62. The van der Waals surface area contributed by atoms with Gasteiger partial charge in [-0.05, 0) is 11.6 Å². The van der Waals surface area contributed by atoms with Gasteiger partial charge in [-0.2, -0.15) is 13.2 Å². The molecule has 1 unspecified atom stereocenters. The lowest BCUT2D eigenvalue weighted by Crippen LogP contribution is -2.43. The van der Waals surface area contributed by atoms with Gasteiger partial charge in [-0.1, -0.05) is 30.3 Å². The molecule has 1 aliphatic heterocycles. The van der Waals surface area contributed by atoms with E-state index in [2.05, 4.69) is 5.32 Å². The van der Waals surface area contributed by atoms with Crippen molar-refractivity contribution in [3.05, 3.63) is 74.1 Å². The summed E-state index contributed by atoms with van der Waals surface area (Å²) >= 11 is 0. The van der Waals surface area contributed by atoms with Gasteiger partial charge in [-0.25, -0.2) is 4.79 Å². The number of nitrogens with zero attached hydrogens (tertiary/aromatic N) is 2. The number of anilines is 1. The molecule has 0 spiro atoms. The van der Waals surface area contributed by atoms with Crippen molar-refractivity contribution >= 4 is 5.82 Å². The Morgan fingerprint density at radius 2 is 1.67 bits per heavy atom. The molecule has 24 heavy (non-hydrogen) atoms. The van der Waals surface area contributed by atoms with Crippen molar-refractivity contribution in [2.45, 2.75) is 12.1 Å². The maximum absolute atomic E-state index is 13.2. The van der Waals surface area contributed by atoms with Gasteiger partial charge in [0.25, 0.3) is 5.56 Å². The van der Waals surface area contributed by atoms with Gasteiger partial charge >= 0.3 is 11.9 Å². The van der Waals surface area contributed by atoms with Crippen LogP contribution in [0.3, 0.4) is 0 Å². The number of hydrogen-bond acceptors (Lipinski definition) is 3. The van der Waals surface area contributed by atoms with Crippen LogP contribution in [-0.4, -0.2) is 15.3 Å². The van der Waals surface area contributed by atoms with Gasteiger partial charge in [0, 0.05) is 20.0 Å². The Balaban J connectivity index is 2.35. The topological polar surface area (TPSA) is 56.0 Å². The van der Waals surface area contributed by atoms with Crippen LogP contribution in [0.1, 0.15) is 17.0 Å². The SMILES string of the molecule is Cn1c2c(c(=O)n(C)c1=O)C(c1ccccc1)C=C(C(F)(F)F)N2. The van der Waals surface area contributed by atoms with E-state index in [9.17, 15) is 22.8 Å². The van der Waals surface area contributed by atoms with Crippen LogP contribution < -0.4 is 16.6 Å². The lowest BCUT2D eigenvalue weighted by Gasteiger charge is -2.28. The minimum Gasteiger partial charge on any atom is -0.337 e. The summed E-state index contributed by atoms with van der Waals surface area (Å²) in [4.78, 5) is 24.6. The molecule has 0 bridgehead atoms. The van der Waals surface area contributed by atoms with Crippen molar-refractivity contribution in [1.29, 1.82) is 0 Å². The molecule has 2 heterocycles. The standard InChI is InChI=1S/C16H14F3N3O2/c1-21-13-12(14(23)22(2)15(21)24)10(9-6-4-3-5-7-9)8-11(20-13)16(17,18)19/h3-8,10,20H,1-2H3. The van der Waals surface area contributed by atoms with E-state index in [-0.39, 0.29) is 11.4 Å². The quantitative estimate of drug-likeness (QED) is 0.867. The average Bonchev–Trinajstić information content (AvgIpc) is 2.56. The third-order valence-electron chi connectivity index (χ3n) is 4.06. The summed E-state index contributed by atoms with van der Waals surface area (Å²) in [6.07, 6.45) is -3.65. The Bertz CT molecular complexity index is 940. The predicted molar refractivity (Wildman–Crippen MR) is 83.0 cm³/mol. The Morgan fingerprint density at radius 3 is 2.25 bits per heavy atom. The second kappa shape index (κ2) is 5.40. The maximum Gasteiger partial charge on any atom is 0.431 e. The molecule has 1 N–H and O–H groups in total. The summed E-state index contributed by atoms with van der Waals surface area (Å²) in [5.74, 6) is -1.03. The fourth-order valence-corrected chi connectivity index (χ4v) is 2.81. The molecule has 1 atom stereocenters. The summed E-state index contributed by atoms with van der Waals surface area (Å²) < 4.78 is 41.6. The lowest BCUT2D eigenvalue weighted by atomic mass is 9.89. The zero-order chi connectivity index (χ0) is 17.6. The van der Waals surface area contributed by atoms with Crippen LogP contribution in [0.2, 0.25) is 0 Å². The number of allylic oxidation sites excluding steroid dienone is 2. The largest absolute Gasteiger partial charge is 0.431 e. The van der Waals surface area contributed by atoms with Crippen LogP contribution in [0.25, 0.3) is 0 Å². The van der Waals surface area contributed by atoms with E-state index in [1.54, 1.807) is 30.3 Å². The van der Waals surface area contributed by atoms with Gasteiger partial charge in [-0.15, -0.1) is 0 Å². The van der Waals surface area contributed by atoms with E-state index < -0.39 is 29.0 Å². The smallest absolute Gasteiger partial charge is 0.337 e. The molecule has 0 aliphatic carbocycles. The molecule has 0 radical (unpaired) electrons. The average molecular weight is 337 g/mol. The second-order valence-electron chi connectivity index (χ2n) is 5.56. The normalized spacial score (nSPS) is 17.0. The van der Waals surface area contributed by atoms with Crippen LogP contribution in [0.15, 0.2) is 51.7 Å². The first-order chi connectivity index (χ1) is 11.2. The van der Waals surface area contributed by atoms with E-state index in [1.165, 1.54) is 14.1 Å². The van der Waals surface area contributed by atoms with E-state index >= 15 is 0 Å². The van der Waals surface area contributed by atoms with Crippen molar-refractivity contribution in [3.63, 3.8) is 0 Å². The Hall–Kier alpha value is -2.77. The van der Waals surface area contributed by atoms with Crippen LogP contribution in [0.4, 0.5) is 19.0 Å². The van der Waals surface area contributed by atoms with Crippen molar-refractivity contribution in [3.8, 4) is 0 Å². The maximum atomic E-state index is 13.2. The van der Waals surface area contributed by atoms with Gasteiger partial charge in [-0.3, -0.25) is 13.9 Å². The number of rotatable bonds is 1. The van der Waals surface area contributed by atoms with Crippen molar-refractivity contribution in [2.24, 2.45) is 14.1 Å². The van der Waals surface area contributed by atoms with Gasteiger partial charge in [0.05, 0.1) is 5.56 Å². The van der Waals surface area contributed by atoms with Crippen molar-refractivity contribution in [1.82, 2.24) is 9.13 Å². The highest BCUT2D eigenvalue weighted by Gasteiger charge is 2.40. The molecular weight excluding hydrogens is 323 g/mol. The molecule has 8 heteroatoms. The third kappa shape index (κ3) is 2.44. The minimum atomic E-state index is -4.62. The second-order valence-corrected chi connectivity index (χ2v) is 5.56. The van der Waals surface area contributed by atoms with Crippen LogP contribution >= 0.6 is 0 Å². The summed E-state index contributed by atoms with van der Waals surface area (Å²) in [5, 5.41) is 2.20. The molecule has 1 aromatic carbocycles. The van der Waals surface area contributed by atoms with Gasteiger partial charge in [0.2, 0.25) is 0 Å². The number of hydrogen-bond donors (Lipinski definition) is 1. The zero-order valence-electron chi connectivity index (χ0n) is 12.9. The van der Waals surface area contributed by atoms with Gasteiger partial charge < -0.3 is 5.32 Å². The lowest BCUT2D eigenvalue weighted by molar-refractivity contribution is -0.0908. The number of aromatic nitrogens is 2. The van der Waals surface area contributed by atoms with E-state index in [0.717, 1.165) is 15.2 Å². The monoisotopic (exact) mass is 337 g/mol. The van der Waals surface area contributed by atoms with E-state index in [0.29, 0.717) is 5.56 Å². The van der Waals surface area contributed by atoms with Crippen LogP contribution in [0.5, 0.6) is 0 Å². The molecule has 3 rings (SSSR count). The highest BCUT2D eigenvalue weighted by molar-refractivity contribution is 5.59. The Morgan fingerprint density at radius 1 is 1.04 bits per heavy atom. The minimum absolute atomic E-state index is 0.110. The van der Waals surface area contributed by atoms with Crippen molar-refractivity contribution in [2.75, 3.05) is 5.32 Å². The first-order valence-electron chi connectivity index (χ1n) is 7.12. The van der Waals surface area contributed by atoms with Gasteiger partial charge in [0.1, 0.15) is 11.5 Å². The highest BCUT2D eigenvalue weighted by Crippen LogP contribution is 2.38. The molecule has 1 aliphatic rings. The van der Waals surface area contributed by atoms with Crippen LogP contribution in [0, 0.1) is 0 Å². The predicted octanol–water partition coefficient (Wildman–Crippen LogP) is 2.09. The molecule has 2 aromatic rings. The highest BCUT2D eigenvalue weighted by atomic mass is 19.4. The molecule has 0 fully saturated rings. The summed E-state index contributed by atoms with van der Waals surface area (Å²) in [7, 11) is 2.63. The fraction of sp³-hybridized carbons (Fsp3) is 0.250. The first kappa shape index (κ1) is 16.1. The van der Waals surface area contributed by atoms with E-state index in [1.807, 2.05) is 0 Å². The third-order valence-corrected chi connectivity index (χ3v) is 4.06. The number of alkyl halides is 3. The summed E-state index contributed by atoms with van der Waals surface area (Å²) in [6.45, 7) is 0. The first-order valence-corrected chi connectivity index (χ1v) is 7.12. The number of nitrogens with one attached hydrogen (secondary N) is 1. The van der Waals surface area contributed by atoms with Crippen molar-refractivity contribution < 1.29 is 13.2 Å². The number of halogens is 3. The zero-order valence-corrected chi connectivity index (χ0v) is 12.9. The summed E-state index contributed by atoms with van der Waals surface area (Å²) in [6, 6.07) is 8.40. The molecule has 1 aromatic heterocycles. The molecule has 126 valence electrons. The molecule has 0 amide bonds. The molecule has 5 nitrogen and oxygen atoms in total. The summed E-state index contributed by atoms with van der Waals surface area (Å²) in [5.41, 5.74) is -1.66. The van der Waals surface area contributed by atoms with E-state index in [4.69, 9.17) is 0 Å². The molecule has 0 saturated heterocycles. The Labute approximate surface area is 134 Å². The van der Waals surface area contributed by atoms with Gasteiger partial charge in [0.15, 0.2) is 0 Å².